The highest BCUT2D eigenvalue weighted by molar-refractivity contribution is 7.87. The van der Waals surface area contributed by atoms with Crippen molar-refractivity contribution in [2.75, 3.05) is 13.2 Å². The van der Waals surface area contributed by atoms with Crippen LogP contribution >= 0.6 is 0 Å². The van der Waals surface area contributed by atoms with Crippen LogP contribution in [-0.2, 0) is 33.9 Å². The molecule has 35 heavy (non-hydrogen) atoms. The van der Waals surface area contributed by atoms with E-state index < -0.39 is 83.6 Å². The van der Waals surface area contributed by atoms with Crippen molar-refractivity contribution >= 4 is 22.1 Å². The van der Waals surface area contributed by atoms with Gasteiger partial charge in [-0.25, -0.2) is 4.79 Å². The van der Waals surface area contributed by atoms with Gasteiger partial charge in [-0.1, -0.05) is 26.2 Å². The highest BCUT2D eigenvalue weighted by Gasteiger charge is 2.68. The molecule has 0 aliphatic heterocycles. The minimum Gasteiger partial charge on any atom is -0.461 e. The molecule has 0 saturated heterocycles. The predicted molar refractivity (Wildman–Crippen MR) is 104 cm³/mol. The second-order valence-corrected chi connectivity index (χ2v) is 9.47. The number of unbranched alkanes of at least 4 members (excludes halogenated alkanes) is 1. The minimum atomic E-state index is -6.47. The standard InChI is InChI=1S/C19H27F7O8S/c1-2-11-32-15(28)17(18(22,23)24,34-14(27)13-8-4-3-5-9-13)33-12-7-6-10-16(20,21)19(25,26)35(29,30)31/h13H,2-12H2,1H3,(H,29,30,31). The molecule has 1 atom stereocenters. The molecule has 16 heteroatoms. The van der Waals surface area contributed by atoms with Crippen LogP contribution in [0.2, 0.25) is 0 Å². The molecule has 0 radical (unpaired) electrons. The lowest BCUT2D eigenvalue weighted by atomic mass is 9.89. The summed E-state index contributed by atoms with van der Waals surface area (Å²) >= 11 is 0. The third-order valence-corrected chi connectivity index (χ3v) is 6.15. The number of rotatable bonds is 13. The van der Waals surface area contributed by atoms with E-state index in [0.717, 1.165) is 6.42 Å². The Morgan fingerprint density at radius 3 is 2.00 bits per heavy atom. The molecule has 1 N–H and O–H groups in total. The lowest BCUT2D eigenvalue weighted by molar-refractivity contribution is -0.357. The summed E-state index contributed by atoms with van der Waals surface area (Å²) in [4.78, 5) is 24.7. The van der Waals surface area contributed by atoms with E-state index in [-0.39, 0.29) is 19.3 Å². The average Bonchev–Trinajstić information content (AvgIpc) is 2.75. The molecule has 0 aromatic carbocycles. The third kappa shape index (κ3) is 7.65. The van der Waals surface area contributed by atoms with Crippen LogP contribution in [-0.4, -0.2) is 61.3 Å². The molecule has 0 bridgehead atoms. The molecule has 0 heterocycles. The summed E-state index contributed by atoms with van der Waals surface area (Å²) in [7, 11) is -6.47. The van der Waals surface area contributed by atoms with Crippen LogP contribution in [0.25, 0.3) is 0 Å². The van der Waals surface area contributed by atoms with Gasteiger partial charge >= 0.3 is 45.2 Å². The van der Waals surface area contributed by atoms with Crippen LogP contribution in [0.15, 0.2) is 0 Å². The minimum absolute atomic E-state index is 0.104. The molecule has 1 unspecified atom stereocenters. The summed E-state index contributed by atoms with van der Waals surface area (Å²) in [6.07, 6.45) is -6.94. The first-order valence-corrected chi connectivity index (χ1v) is 12.2. The van der Waals surface area contributed by atoms with E-state index in [1.165, 1.54) is 6.92 Å². The maximum Gasteiger partial charge on any atom is 0.468 e. The molecule has 1 fully saturated rings. The Labute approximate surface area is 197 Å². The van der Waals surface area contributed by atoms with Gasteiger partial charge in [-0.3, -0.25) is 9.35 Å². The molecular formula is C19H27F7O8S. The van der Waals surface area contributed by atoms with Crippen LogP contribution in [0.1, 0.15) is 64.7 Å². The fraction of sp³-hybridized carbons (Fsp3) is 0.895. The Bertz CT molecular complexity index is 826. The van der Waals surface area contributed by atoms with E-state index in [1.54, 1.807) is 0 Å². The van der Waals surface area contributed by atoms with E-state index in [0.29, 0.717) is 12.8 Å². The maximum atomic E-state index is 13.9. The molecule has 1 rings (SSSR count). The summed E-state index contributed by atoms with van der Waals surface area (Å²) in [5, 5.41) is -5.84. The van der Waals surface area contributed by atoms with Gasteiger partial charge in [-0.2, -0.15) is 39.2 Å². The number of ether oxygens (including phenoxy) is 3. The van der Waals surface area contributed by atoms with Crippen molar-refractivity contribution in [2.24, 2.45) is 5.92 Å². The van der Waals surface area contributed by atoms with E-state index >= 15 is 0 Å². The van der Waals surface area contributed by atoms with Gasteiger partial charge in [0.15, 0.2) is 0 Å². The lowest BCUT2D eigenvalue weighted by Gasteiger charge is -2.34. The maximum absolute atomic E-state index is 13.9. The SMILES string of the molecule is CCCOC(=O)C(OCCCCC(F)(F)C(F)(F)S(=O)(=O)O)(OC(=O)C1CCCCC1)C(F)(F)F. The van der Waals surface area contributed by atoms with E-state index in [1.807, 2.05) is 0 Å². The Balaban J connectivity index is 2.99. The molecule has 0 aromatic rings. The highest BCUT2D eigenvalue weighted by atomic mass is 32.2. The molecule has 0 amide bonds. The van der Waals surface area contributed by atoms with Gasteiger partial charge in [-0.15, -0.1) is 0 Å². The fourth-order valence-corrected chi connectivity index (χ4v) is 3.72. The van der Waals surface area contributed by atoms with Crippen molar-refractivity contribution in [3.63, 3.8) is 0 Å². The van der Waals surface area contributed by atoms with Gasteiger partial charge in [0, 0.05) is 6.42 Å². The smallest absolute Gasteiger partial charge is 0.461 e. The molecule has 1 saturated carbocycles. The van der Waals surface area contributed by atoms with Gasteiger partial charge in [0.2, 0.25) is 0 Å². The summed E-state index contributed by atoms with van der Waals surface area (Å²) in [5.41, 5.74) is 0. The number of hydrogen-bond donors (Lipinski definition) is 1. The first kappa shape index (κ1) is 31.4. The quantitative estimate of drug-likeness (QED) is 0.117. The van der Waals surface area contributed by atoms with Gasteiger partial charge < -0.3 is 14.2 Å². The third-order valence-electron chi connectivity index (χ3n) is 5.20. The largest absolute Gasteiger partial charge is 0.468 e. The average molecular weight is 548 g/mol. The number of esters is 2. The molecule has 1 aliphatic carbocycles. The second kappa shape index (κ2) is 12.0. The van der Waals surface area contributed by atoms with Crippen molar-refractivity contribution in [2.45, 2.75) is 87.9 Å². The zero-order valence-corrected chi connectivity index (χ0v) is 19.5. The predicted octanol–water partition coefficient (Wildman–Crippen LogP) is 4.62. The summed E-state index contributed by atoms with van der Waals surface area (Å²) in [6.45, 7) is -0.190. The summed E-state index contributed by atoms with van der Waals surface area (Å²) in [6, 6.07) is 0. The van der Waals surface area contributed by atoms with Crippen molar-refractivity contribution in [1.29, 1.82) is 0 Å². The van der Waals surface area contributed by atoms with Crippen LogP contribution < -0.4 is 0 Å². The Morgan fingerprint density at radius 2 is 1.51 bits per heavy atom. The van der Waals surface area contributed by atoms with Crippen LogP contribution in [0.3, 0.4) is 0 Å². The van der Waals surface area contributed by atoms with Crippen molar-refractivity contribution < 1.29 is 67.5 Å². The van der Waals surface area contributed by atoms with Gasteiger partial charge in [0.05, 0.1) is 19.1 Å². The molecule has 0 aromatic heterocycles. The molecule has 0 spiro atoms. The Morgan fingerprint density at radius 1 is 0.943 bits per heavy atom. The number of carbonyl (C=O) groups is 2. The first-order valence-electron chi connectivity index (χ1n) is 10.8. The zero-order chi connectivity index (χ0) is 27.1. The molecule has 1 aliphatic rings. The topological polar surface area (TPSA) is 116 Å². The number of carbonyl (C=O) groups excluding carboxylic acids is 2. The van der Waals surface area contributed by atoms with Crippen molar-refractivity contribution in [1.82, 2.24) is 0 Å². The Hall–Kier alpha value is -1.68. The molecular weight excluding hydrogens is 521 g/mol. The zero-order valence-electron chi connectivity index (χ0n) is 18.7. The second-order valence-electron chi connectivity index (χ2n) is 8.01. The normalized spacial score (nSPS) is 18.1. The number of hydrogen-bond acceptors (Lipinski definition) is 7. The number of alkyl halides is 7. The fourth-order valence-electron chi connectivity index (χ4n) is 3.24. The Kier molecular flexibility index (Phi) is 10.8. The van der Waals surface area contributed by atoms with Gasteiger partial charge in [0.25, 0.3) is 0 Å². The van der Waals surface area contributed by atoms with E-state index in [2.05, 4.69) is 14.2 Å². The van der Waals surface area contributed by atoms with Gasteiger partial charge in [-0.05, 0) is 32.1 Å². The van der Waals surface area contributed by atoms with Crippen LogP contribution in [0.4, 0.5) is 30.7 Å². The highest BCUT2D eigenvalue weighted by Crippen LogP contribution is 2.42. The molecule has 206 valence electrons. The first-order chi connectivity index (χ1) is 15.9. The van der Waals surface area contributed by atoms with E-state index in [4.69, 9.17) is 4.55 Å². The van der Waals surface area contributed by atoms with Crippen LogP contribution in [0, 0.1) is 5.92 Å². The van der Waals surface area contributed by atoms with Gasteiger partial charge in [0.1, 0.15) is 0 Å². The van der Waals surface area contributed by atoms with E-state index in [9.17, 15) is 48.7 Å². The van der Waals surface area contributed by atoms with Crippen molar-refractivity contribution in [3.8, 4) is 0 Å². The van der Waals surface area contributed by atoms with Crippen LogP contribution in [0.5, 0.6) is 0 Å². The molecule has 8 nitrogen and oxygen atoms in total. The monoisotopic (exact) mass is 548 g/mol. The summed E-state index contributed by atoms with van der Waals surface area (Å²) in [5.74, 6) is -13.9. The lowest BCUT2D eigenvalue weighted by Crippen LogP contribution is -2.59. The number of halogens is 7. The summed E-state index contributed by atoms with van der Waals surface area (Å²) < 4.78 is 138. The van der Waals surface area contributed by atoms with Crippen molar-refractivity contribution in [3.05, 3.63) is 0 Å².